The van der Waals surface area contributed by atoms with Crippen LogP contribution in [-0.4, -0.2) is 54.4 Å². The molecule has 1 aliphatic carbocycles. The third-order valence-electron chi connectivity index (χ3n) is 6.61. The number of carbonyl (C=O) groups is 1. The number of anilines is 1. The minimum absolute atomic E-state index is 0.0623. The van der Waals surface area contributed by atoms with Crippen molar-refractivity contribution in [1.82, 2.24) is 29.5 Å². The number of aromatic amines is 1. The van der Waals surface area contributed by atoms with Gasteiger partial charge >= 0.3 is 6.09 Å². The highest BCUT2D eigenvalue weighted by atomic mass is 16.6. The van der Waals surface area contributed by atoms with Crippen LogP contribution >= 0.6 is 0 Å². The Bertz CT molecular complexity index is 1490. The predicted molar refractivity (Wildman–Crippen MR) is 143 cm³/mol. The molecular formula is C27H33N7O4. The summed E-state index contributed by atoms with van der Waals surface area (Å²) in [6.45, 7) is 5.51. The van der Waals surface area contributed by atoms with E-state index in [1.54, 1.807) is 36.4 Å². The van der Waals surface area contributed by atoms with Crippen LogP contribution in [0.5, 0.6) is 5.75 Å². The lowest BCUT2D eigenvalue weighted by Gasteiger charge is -2.29. The summed E-state index contributed by atoms with van der Waals surface area (Å²) < 4.78 is 15.4. The van der Waals surface area contributed by atoms with Crippen LogP contribution in [0.4, 0.5) is 10.6 Å². The lowest BCUT2D eigenvalue weighted by molar-refractivity contribution is 0.0588. The van der Waals surface area contributed by atoms with E-state index < -0.39 is 11.7 Å². The number of aryl methyl sites for hydroxylation is 1. The number of hydrogen-bond acceptors (Lipinski definition) is 7. The van der Waals surface area contributed by atoms with Crippen molar-refractivity contribution in [2.75, 3.05) is 11.9 Å². The molecule has 0 aromatic carbocycles. The molecule has 38 heavy (non-hydrogen) atoms. The van der Waals surface area contributed by atoms with Crippen molar-refractivity contribution >= 4 is 22.8 Å². The lowest BCUT2D eigenvalue weighted by Crippen LogP contribution is -2.34. The molecule has 1 saturated carbocycles. The molecule has 0 saturated heterocycles. The molecule has 1 amide bonds. The second-order valence-corrected chi connectivity index (χ2v) is 10.7. The van der Waals surface area contributed by atoms with Crippen LogP contribution in [0.25, 0.3) is 22.2 Å². The van der Waals surface area contributed by atoms with E-state index in [9.17, 15) is 9.59 Å². The normalized spacial score (nSPS) is 17.9. The highest BCUT2D eigenvalue weighted by Gasteiger charge is 2.28. The first-order valence-corrected chi connectivity index (χ1v) is 12.8. The molecule has 4 aromatic heterocycles. The van der Waals surface area contributed by atoms with Crippen molar-refractivity contribution in [1.29, 1.82) is 0 Å². The number of hydrogen-bond donors (Lipinski definition) is 1. The maximum Gasteiger partial charge on any atom is 0.415 e. The van der Waals surface area contributed by atoms with Crippen LogP contribution in [0.15, 0.2) is 47.8 Å². The van der Waals surface area contributed by atoms with Gasteiger partial charge in [0.2, 0.25) is 5.56 Å². The van der Waals surface area contributed by atoms with E-state index in [0.29, 0.717) is 11.6 Å². The first kappa shape index (κ1) is 25.5. The van der Waals surface area contributed by atoms with Crippen molar-refractivity contribution < 1.29 is 14.3 Å². The Hall–Kier alpha value is -4.15. The van der Waals surface area contributed by atoms with E-state index in [0.717, 1.165) is 47.8 Å². The van der Waals surface area contributed by atoms with Crippen LogP contribution in [0, 0.1) is 0 Å². The van der Waals surface area contributed by atoms with Crippen molar-refractivity contribution in [2.24, 2.45) is 7.05 Å². The number of nitrogens with zero attached hydrogens (tertiary/aromatic N) is 6. The van der Waals surface area contributed by atoms with Gasteiger partial charge in [-0.05, 0) is 52.5 Å². The Morgan fingerprint density at radius 2 is 1.92 bits per heavy atom. The van der Waals surface area contributed by atoms with Crippen molar-refractivity contribution in [3.8, 4) is 17.0 Å². The SMILES string of the molecule is CN(C(=O)OC(C)(C)C)c1cc2c(cn1)c(-c1cnn(C)c1)nn2C1CCC(Oc2ccc(=O)[nH]c2)CC1. The van der Waals surface area contributed by atoms with Gasteiger partial charge < -0.3 is 14.5 Å². The first-order valence-electron chi connectivity index (χ1n) is 12.8. The Kier molecular flexibility index (Phi) is 6.68. The van der Waals surface area contributed by atoms with Crippen LogP contribution < -0.4 is 15.2 Å². The molecule has 1 fully saturated rings. The monoisotopic (exact) mass is 519 g/mol. The minimum Gasteiger partial charge on any atom is -0.489 e. The maximum atomic E-state index is 12.7. The third-order valence-corrected chi connectivity index (χ3v) is 6.61. The highest BCUT2D eigenvalue weighted by Crippen LogP contribution is 2.36. The van der Waals surface area contributed by atoms with Crippen LogP contribution in [0.1, 0.15) is 52.5 Å². The van der Waals surface area contributed by atoms with E-state index in [-0.39, 0.29) is 17.7 Å². The Labute approximate surface area is 220 Å². The fourth-order valence-corrected chi connectivity index (χ4v) is 4.73. The Morgan fingerprint density at radius 3 is 2.55 bits per heavy atom. The minimum atomic E-state index is -0.611. The summed E-state index contributed by atoms with van der Waals surface area (Å²) in [7, 11) is 3.53. The summed E-state index contributed by atoms with van der Waals surface area (Å²) >= 11 is 0. The number of rotatable bonds is 5. The van der Waals surface area contributed by atoms with Gasteiger partial charge in [-0.2, -0.15) is 10.2 Å². The molecule has 0 atom stereocenters. The van der Waals surface area contributed by atoms with Crippen molar-refractivity contribution in [3.05, 3.63) is 53.3 Å². The van der Waals surface area contributed by atoms with Gasteiger partial charge in [0.1, 0.15) is 22.9 Å². The standard InChI is InChI=1S/C27H33N7O4/c1-27(2,3)38-26(36)33(5)23-12-22-21(15-28-23)25(17-13-30-32(4)16-17)31-34(22)18-6-8-19(9-7-18)37-20-10-11-24(35)29-14-20/h10-16,18-19H,6-9H2,1-5H3,(H,29,35). The van der Waals surface area contributed by atoms with Gasteiger partial charge in [-0.1, -0.05) is 0 Å². The fourth-order valence-electron chi connectivity index (χ4n) is 4.73. The van der Waals surface area contributed by atoms with E-state index >= 15 is 0 Å². The quantitative estimate of drug-likeness (QED) is 0.413. The number of nitrogens with one attached hydrogen (secondary N) is 1. The number of aromatic nitrogens is 6. The Morgan fingerprint density at radius 1 is 1.16 bits per heavy atom. The predicted octanol–water partition coefficient (Wildman–Crippen LogP) is 4.45. The second kappa shape index (κ2) is 9.96. The fraction of sp³-hybridized carbons (Fsp3) is 0.444. The van der Waals surface area contributed by atoms with Gasteiger partial charge in [-0.15, -0.1) is 0 Å². The first-order chi connectivity index (χ1) is 18.1. The van der Waals surface area contributed by atoms with E-state index in [2.05, 4.69) is 19.7 Å². The molecule has 0 spiro atoms. The summed E-state index contributed by atoms with van der Waals surface area (Å²) in [4.78, 5) is 32.7. The molecule has 11 heteroatoms. The zero-order valence-electron chi connectivity index (χ0n) is 22.3. The highest BCUT2D eigenvalue weighted by molar-refractivity contribution is 5.95. The van der Waals surface area contributed by atoms with Crippen molar-refractivity contribution in [2.45, 2.75) is 64.2 Å². The molecule has 5 rings (SSSR count). The Balaban J connectivity index is 1.43. The van der Waals surface area contributed by atoms with Crippen LogP contribution in [0.3, 0.4) is 0 Å². The van der Waals surface area contributed by atoms with Crippen molar-refractivity contribution in [3.63, 3.8) is 0 Å². The molecule has 200 valence electrons. The molecule has 0 unspecified atom stereocenters. The van der Waals surface area contributed by atoms with E-state index in [1.807, 2.05) is 40.1 Å². The number of carbonyl (C=O) groups excluding carboxylic acids is 1. The summed E-state index contributed by atoms with van der Waals surface area (Å²) in [5, 5.41) is 10.2. The van der Waals surface area contributed by atoms with E-state index in [1.165, 1.54) is 11.0 Å². The molecule has 0 bridgehead atoms. The zero-order chi connectivity index (χ0) is 27.0. The van der Waals surface area contributed by atoms with Crippen LogP contribution in [-0.2, 0) is 11.8 Å². The van der Waals surface area contributed by atoms with Gasteiger partial charge in [0.15, 0.2) is 0 Å². The van der Waals surface area contributed by atoms with Gasteiger partial charge in [0.25, 0.3) is 0 Å². The lowest BCUT2D eigenvalue weighted by atomic mass is 9.93. The number of H-pyrrole nitrogens is 1. The van der Waals surface area contributed by atoms with Crippen LogP contribution in [0.2, 0.25) is 0 Å². The van der Waals surface area contributed by atoms with Gasteiger partial charge in [-0.3, -0.25) is 19.1 Å². The maximum absolute atomic E-state index is 12.7. The number of ether oxygens (including phenoxy) is 2. The third kappa shape index (κ3) is 5.41. The number of pyridine rings is 2. The summed E-state index contributed by atoms with van der Waals surface area (Å²) in [6.07, 6.45) is 10.1. The number of amides is 1. The van der Waals surface area contributed by atoms with Gasteiger partial charge in [-0.25, -0.2) is 9.78 Å². The number of fused-ring (bicyclic) bond motifs is 1. The smallest absolute Gasteiger partial charge is 0.415 e. The molecule has 4 heterocycles. The largest absolute Gasteiger partial charge is 0.489 e. The molecule has 4 aromatic rings. The molecule has 1 N–H and O–H groups in total. The summed E-state index contributed by atoms with van der Waals surface area (Å²) in [5.41, 5.74) is 1.84. The molecule has 0 radical (unpaired) electrons. The van der Waals surface area contributed by atoms with Gasteiger partial charge in [0.05, 0.1) is 23.9 Å². The van der Waals surface area contributed by atoms with Gasteiger partial charge in [0, 0.05) is 55.8 Å². The topological polar surface area (TPSA) is 120 Å². The molecule has 11 nitrogen and oxygen atoms in total. The molecule has 0 aliphatic heterocycles. The zero-order valence-corrected chi connectivity index (χ0v) is 22.3. The molecular weight excluding hydrogens is 486 g/mol. The summed E-state index contributed by atoms with van der Waals surface area (Å²) in [5.74, 6) is 1.15. The average molecular weight is 520 g/mol. The van der Waals surface area contributed by atoms with E-state index in [4.69, 9.17) is 14.6 Å². The molecule has 1 aliphatic rings. The average Bonchev–Trinajstić information content (AvgIpc) is 3.47. The summed E-state index contributed by atoms with van der Waals surface area (Å²) in [6, 6.07) is 5.22. The second-order valence-electron chi connectivity index (χ2n) is 10.7.